The van der Waals surface area contributed by atoms with Gasteiger partial charge in [-0.3, -0.25) is 4.79 Å². The highest BCUT2D eigenvalue weighted by Gasteiger charge is 2.41. The van der Waals surface area contributed by atoms with Gasteiger partial charge < -0.3 is 15.4 Å². The maximum Gasteiger partial charge on any atom is 0.220 e. The van der Waals surface area contributed by atoms with Crippen LogP contribution in [0.25, 0.3) is 0 Å². The lowest BCUT2D eigenvalue weighted by Gasteiger charge is -2.32. The van der Waals surface area contributed by atoms with Gasteiger partial charge in [0.25, 0.3) is 0 Å². The summed E-state index contributed by atoms with van der Waals surface area (Å²) in [5.41, 5.74) is 0.102. The zero-order valence-electron chi connectivity index (χ0n) is 12.5. The van der Waals surface area contributed by atoms with Gasteiger partial charge in [0.15, 0.2) is 0 Å². The SMILES string of the molecule is O=C(CC1CCNCC1)N[C@H]1COC2(CCCCC2)C1. The second-order valence-corrected chi connectivity index (χ2v) is 6.92. The summed E-state index contributed by atoms with van der Waals surface area (Å²) in [6.45, 7) is 2.85. The number of piperidine rings is 1. The van der Waals surface area contributed by atoms with Crippen molar-refractivity contribution in [3.63, 3.8) is 0 Å². The number of carbonyl (C=O) groups excluding carboxylic acids is 1. The molecule has 2 N–H and O–H groups in total. The summed E-state index contributed by atoms with van der Waals surface area (Å²) in [7, 11) is 0. The molecule has 4 heteroatoms. The zero-order chi connectivity index (χ0) is 13.8. The maximum absolute atomic E-state index is 12.2. The molecule has 1 amide bonds. The zero-order valence-corrected chi connectivity index (χ0v) is 12.5. The summed E-state index contributed by atoms with van der Waals surface area (Å²) in [5, 5.41) is 6.56. The Kier molecular flexibility index (Phi) is 4.61. The van der Waals surface area contributed by atoms with Gasteiger partial charge in [0.05, 0.1) is 18.2 Å². The highest BCUT2D eigenvalue weighted by Crippen LogP contribution is 2.39. The monoisotopic (exact) mass is 280 g/mol. The van der Waals surface area contributed by atoms with Crippen LogP contribution in [0.1, 0.15) is 57.8 Å². The predicted molar refractivity (Wildman–Crippen MR) is 78.5 cm³/mol. The number of nitrogens with one attached hydrogen (secondary N) is 2. The minimum Gasteiger partial charge on any atom is -0.373 e. The topological polar surface area (TPSA) is 50.4 Å². The minimum absolute atomic E-state index is 0.102. The van der Waals surface area contributed by atoms with Gasteiger partial charge in [0.1, 0.15) is 0 Å². The molecule has 1 aliphatic carbocycles. The first-order valence-electron chi connectivity index (χ1n) is 8.40. The van der Waals surface area contributed by atoms with Crippen LogP contribution in [0, 0.1) is 5.92 Å². The van der Waals surface area contributed by atoms with Crippen LogP contribution in [0.5, 0.6) is 0 Å². The van der Waals surface area contributed by atoms with E-state index in [9.17, 15) is 4.79 Å². The molecule has 20 heavy (non-hydrogen) atoms. The Morgan fingerprint density at radius 2 is 1.95 bits per heavy atom. The molecule has 1 atom stereocenters. The van der Waals surface area contributed by atoms with Crippen molar-refractivity contribution in [3.05, 3.63) is 0 Å². The van der Waals surface area contributed by atoms with E-state index in [4.69, 9.17) is 4.74 Å². The molecular formula is C16H28N2O2. The Morgan fingerprint density at radius 1 is 1.20 bits per heavy atom. The molecular weight excluding hydrogens is 252 g/mol. The van der Waals surface area contributed by atoms with Crippen molar-refractivity contribution < 1.29 is 9.53 Å². The molecule has 0 radical (unpaired) electrons. The van der Waals surface area contributed by atoms with E-state index in [2.05, 4.69) is 10.6 Å². The van der Waals surface area contributed by atoms with Crippen molar-refractivity contribution in [1.29, 1.82) is 0 Å². The van der Waals surface area contributed by atoms with Crippen molar-refractivity contribution in [3.8, 4) is 0 Å². The van der Waals surface area contributed by atoms with Crippen molar-refractivity contribution in [2.24, 2.45) is 5.92 Å². The van der Waals surface area contributed by atoms with E-state index in [1.165, 1.54) is 32.1 Å². The smallest absolute Gasteiger partial charge is 0.220 e. The third kappa shape index (κ3) is 3.53. The first kappa shape index (κ1) is 14.3. The Morgan fingerprint density at radius 3 is 2.70 bits per heavy atom. The molecule has 4 nitrogen and oxygen atoms in total. The molecule has 2 aliphatic heterocycles. The number of rotatable bonds is 3. The first-order valence-corrected chi connectivity index (χ1v) is 8.40. The molecule has 2 saturated heterocycles. The van der Waals surface area contributed by atoms with Crippen LogP contribution < -0.4 is 10.6 Å². The molecule has 114 valence electrons. The largest absolute Gasteiger partial charge is 0.373 e. The average Bonchev–Trinajstić information content (AvgIpc) is 2.83. The summed E-state index contributed by atoms with van der Waals surface area (Å²) in [5.74, 6) is 0.806. The van der Waals surface area contributed by atoms with Crippen LogP contribution in [0.2, 0.25) is 0 Å². The van der Waals surface area contributed by atoms with E-state index in [0.717, 1.165) is 39.0 Å². The van der Waals surface area contributed by atoms with Crippen LogP contribution in [-0.2, 0) is 9.53 Å². The molecule has 0 bridgehead atoms. The van der Waals surface area contributed by atoms with Crippen LogP contribution in [0.3, 0.4) is 0 Å². The van der Waals surface area contributed by atoms with Crippen LogP contribution in [-0.4, -0.2) is 37.2 Å². The van der Waals surface area contributed by atoms with Crippen LogP contribution in [0.15, 0.2) is 0 Å². The molecule has 0 unspecified atom stereocenters. The summed E-state index contributed by atoms with van der Waals surface area (Å²) >= 11 is 0. The molecule has 2 heterocycles. The molecule has 3 fully saturated rings. The Hall–Kier alpha value is -0.610. The summed E-state index contributed by atoms with van der Waals surface area (Å²) < 4.78 is 6.06. The molecule has 1 spiro atoms. The third-order valence-electron chi connectivity index (χ3n) is 5.27. The second kappa shape index (κ2) is 6.44. The summed E-state index contributed by atoms with van der Waals surface area (Å²) in [6, 6.07) is 0.252. The first-order chi connectivity index (χ1) is 9.76. The Balaban J connectivity index is 1.43. The minimum atomic E-state index is 0.102. The average molecular weight is 280 g/mol. The predicted octanol–water partition coefficient (Wildman–Crippen LogP) is 1.98. The van der Waals surface area contributed by atoms with E-state index < -0.39 is 0 Å². The Labute approximate surface area is 122 Å². The van der Waals surface area contributed by atoms with Crippen LogP contribution >= 0.6 is 0 Å². The molecule has 0 aromatic carbocycles. The van der Waals surface area contributed by atoms with Crippen LogP contribution in [0.4, 0.5) is 0 Å². The highest BCUT2D eigenvalue weighted by molar-refractivity contribution is 5.76. The number of hydrogen-bond acceptors (Lipinski definition) is 3. The van der Waals surface area contributed by atoms with E-state index in [-0.39, 0.29) is 17.6 Å². The number of ether oxygens (including phenoxy) is 1. The third-order valence-corrected chi connectivity index (χ3v) is 5.27. The fraction of sp³-hybridized carbons (Fsp3) is 0.938. The van der Waals surface area contributed by atoms with Crippen molar-refractivity contribution in [1.82, 2.24) is 10.6 Å². The number of hydrogen-bond donors (Lipinski definition) is 2. The number of carbonyl (C=O) groups is 1. The molecule has 0 aromatic heterocycles. The van der Waals surface area contributed by atoms with Gasteiger partial charge in [-0.1, -0.05) is 19.3 Å². The van der Waals surface area contributed by atoms with Crippen molar-refractivity contribution >= 4 is 5.91 Å². The number of amides is 1. The van der Waals surface area contributed by atoms with Gasteiger partial charge in [-0.25, -0.2) is 0 Å². The van der Waals surface area contributed by atoms with Gasteiger partial charge in [0.2, 0.25) is 5.91 Å². The van der Waals surface area contributed by atoms with Gasteiger partial charge >= 0.3 is 0 Å². The molecule has 1 saturated carbocycles. The van der Waals surface area contributed by atoms with E-state index >= 15 is 0 Å². The highest BCUT2D eigenvalue weighted by atomic mass is 16.5. The second-order valence-electron chi connectivity index (χ2n) is 6.92. The van der Waals surface area contributed by atoms with Gasteiger partial charge in [0, 0.05) is 6.42 Å². The molecule has 0 aromatic rings. The quantitative estimate of drug-likeness (QED) is 0.831. The van der Waals surface area contributed by atoms with Gasteiger partial charge in [-0.15, -0.1) is 0 Å². The fourth-order valence-corrected chi connectivity index (χ4v) is 4.12. The Bertz CT molecular complexity index is 333. The normalized spacial score (nSPS) is 30.5. The lowest BCUT2D eigenvalue weighted by Crippen LogP contribution is -2.39. The standard InChI is InChI=1S/C16H28N2O2/c19-15(10-13-4-8-17-9-5-13)18-14-11-16(20-12-14)6-2-1-3-7-16/h13-14,17H,1-12H2,(H,18,19)/t14-/m1/s1. The van der Waals surface area contributed by atoms with E-state index in [1.807, 2.05) is 0 Å². The van der Waals surface area contributed by atoms with Gasteiger partial charge in [-0.2, -0.15) is 0 Å². The lowest BCUT2D eigenvalue weighted by atomic mass is 9.82. The summed E-state index contributed by atoms with van der Waals surface area (Å²) in [6.07, 6.45) is 10.3. The summed E-state index contributed by atoms with van der Waals surface area (Å²) in [4.78, 5) is 12.2. The van der Waals surface area contributed by atoms with E-state index in [0.29, 0.717) is 12.3 Å². The lowest BCUT2D eigenvalue weighted by molar-refractivity contribution is -0.122. The van der Waals surface area contributed by atoms with Crippen molar-refractivity contribution in [2.75, 3.05) is 19.7 Å². The maximum atomic E-state index is 12.2. The fourth-order valence-electron chi connectivity index (χ4n) is 4.12. The van der Waals surface area contributed by atoms with Gasteiger partial charge in [-0.05, 0) is 51.1 Å². The molecule has 3 aliphatic rings. The van der Waals surface area contributed by atoms with E-state index in [1.54, 1.807) is 0 Å². The van der Waals surface area contributed by atoms with Crippen molar-refractivity contribution in [2.45, 2.75) is 69.4 Å². The molecule has 3 rings (SSSR count).